The van der Waals surface area contributed by atoms with Gasteiger partial charge >= 0.3 is 0 Å². The van der Waals surface area contributed by atoms with E-state index in [0.29, 0.717) is 24.9 Å². The summed E-state index contributed by atoms with van der Waals surface area (Å²) in [6.07, 6.45) is 4.73. The first-order valence-corrected chi connectivity index (χ1v) is 11.2. The summed E-state index contributed by atoms with van der Waals surface area (Å²) in [6.45, 7) is 7.96. The minimum Gasteiger partial charge on any atom is -0.341 e. The lowest BCUT2D eigenvalue weighted by molar-refractivity contribution is -0.139. The van der Waals surface area contributed by atoms with E-state index in [9.17, 15) is 9.59 Å². The maximum absolute atomic E-state index is 12.8. The predicted molar refractivity (Wildman–Crippen MR) is 113 cm³/mol. The summed E-state index contributed by atoms with van der Waals surface area (Å²) in [4.78, 5) is 33.8. The van der Waals surface area contributed by atoms with Crippen LogP contribution in [0.25, 0.3) is 0 Å². The van der Waals surface area contributed by atoms with E-state index in [2.05, 4.69) is 45.0 Å². The molecule has 0 aliphatic carbocycles. The van der Waals surface area contributed by atoms with Gasteiger partial charge in [0.25, 0.3) is 0 Å². The molecule has 3 saturated heterocycles. The average molecular weight is 399 g/mol. The predicted octanol–water partition coefficient (Wildman–Crippen LogP) is 1.81. The van der Waals surface area contributed by atoms with E-state index in [0.717, 1.165) is 78.0 Å². The van der Waals surface area contributed by atoms with Crippen molar-refractivity contribution in [2.75, 3.05) is 52.4 Å². The van der Waals surface area contributed by atoms with Gasteiger partial charge in [0.1, 0.15) is 0 Å². The fourth-order valence-electron chi connectivity index (χ4n) is 4.88. The molecule has 0 unspecified atom stereocenters. The molecule has 3 fully saturated rings. The number of benzene rings is 1. The Morgan fingerprint density at radius 1 is 0.862 bits per heavy atom. The smallest absolute Gasteiger partial charge is 0.236 e. The Balaban J connectivity index is 1.17. The molecule has 0 aromatic heterocycles. The Bertz CT molecular complexity index is 679. The quantitative estimate of drug-likeness (QED) is 0.759. The van der Waals surface area contributed by atoms with Crippen molar-refractivity contribution in [2.45, 2.75) is 44.7 Å². The summed E-state index contributed by atoms with van der Waals surface area (Å²) in [5.74, 6) is 0.569. The number of piperidine rings is 2. The van der Waals surface area contributed by atoms with Crippen LogP contribution in [0.15, 0.2) is 30.3 Å². The molecular formula is C23H34N4O2. The number of carbonyl (C=O) groups excluding carboxylic acids is 2. The Hall–Kier alpha value is -1.92. The van der Waals surface area contributed by atoms with Crippen LogP contribution in [0.1, 0.15) is 37.7 Å². The zero-order chi connectivity index (χ0) is 20.1. The lowest BCUT2D eigenvalue weighted by atomic mass is 9.99. The fraction of sp³-hybridized carbons (Fsp3) is 0.652. The second-order valence-corrected chi connectivity index (χ2v) is 8.69. The normalized spacial score (nSPS) is 22.8. The zero-order valence-corrected chi connectivity index (χ0v) is 17.5. The molecule has 158 valence electrons. The summed E-state index contributed by atoms with van der Waals surface area (Å²) < 4.78 is 0. The van der Waals surface area contributed by atoms with E-state index in [1.165, 1.54) is 5.56 Å². The van der Waals surface area contributed by atoms with Gasteiger partial charge in [-0.1, -0.05) is 30.3 Å². The first-order chi connectivity index (χ1) is 14.2. The van der Waals surface area contributed by atoms with Gasteiger partial charge < -0.3 is 9.80 Å². The van der Waals surface area contributed by atoms with Gasteiger partial charge in [0.2, 0.25) is 11.8 Å². The number of carbonyl (C=O) groups is 2. The Morgan fingerprint density at radius 3 is 2.24 bits per heavy atom. The minimum atomic E-state index is 0.255. The topological polar surface area (TPSA) is 47.1 Å². The summed E-state index contributed by atoms with van der Waals surface area (Å²) >= 11 is 0. The lowest BCUT2D eigenvalue weighted by Gasteiger charge is -2.41. The van der Waals surface area contributed by atoms with Crippen LogP contribution in [0.4, 0.5) is 0 Å². The highest BCUT2D eigenvalue weighted by Gasteiger charge is 2.31. The molecule has 4 rings (SSSR count). The summed E-state index contributed by atoms with van der Waals surface area (Å²) in [7, 11) is 0. The molecule has 6 heteroatoms. The molecule has 0 N–H and O–H groups in total. The molecule has 0 spiro atoms. The van der Waals surface area contributed by atoms with E-state index in [1.54, 1.807) is 0 Å². The first kappa shape index (κ1) is 20.4. The second kappa shape index (κ2) is 9.72. The van der Waals surface area contributed by atoms with Crippen LogP contribution in [-0.4, -0.2) is 89.8 Å². The number of rotatable bonds is 5. The van der Waals surface area contributed by atoms with E-state index in [1.807, 2.05) is 4.90 Å². The minimum absolute atomic E-state index is 0.255. The molecule has 3 aliphatic heterocycles. The van der Waals surface area contributed by atoms with Crippen molar-refractivity contribution in [1.82, 2.24) is 19.6 Å². The number of hydrogen-bond acceptors (Lipinski definition) is 4. The molecule has 1 aromatic carbocycles. The maximum atomic E-state index is 12.8. The van der Waals surface area contributed by atoms with Crippen molar-refractivity contribution in [3.05, 3.63) is 35.9 Å². The van der Waals surface area contributed by atoms with Crippen molar-refractivity contribution in [3.8, 4) is 0 Å². The van der Waals surface area contributed by atoms with Gasteiger partial charge in [-0.25, -0.2) is 0 Å². The fourth-order valence-corrected chi connectivity index (χ4v) is 4.88. The summed E-state index contributed by atoms with van der Waals surface area (Å²) in [5.41, 5.74) is 1.35. The largest absolute Gasteiger partial charge is 0.341 e. The van der Waals surface area contributed by atoms with Crippen molar-refractivity contribution in [1.29, 1.82) is 0 Å². The van der Waals surface area contributed by atoms with Crippen molar-refractivity contribution in [3.63, 3.8) is 0 Å². The van der Waals surface area contributed by atoms with Crippen LogP contribution >= 0.6 is 0 Å². The van der Waals surface area contributed by atoms with Crippen LogP contribution in [0, 0.1) is 0 Å². The molecule has 2 amide bonds. The van der Waals surface area contributed by atoms with Gasteiger partial charge in [0, 0.05) is 64.8 Å². The van der Waals surface area contributed by atoms with E-state index in [4.69, 9.17) is 0 Å². The number of likely N-dealkylation sites (tertiary alicyclic amines) is 2. The highest BCUT2D eigenvalue weighted by molar-refractivity contribution is 5.79. The molecule has 29 heavy (non-hydrogen) atoms. The van der Waals surface area contributed by atoms with Crippen LogP contribution in [0.3, 0.4) is 0 Å². The third kappa shape index (κ3) is 5.37. The van der Waals surface area contributed by atoms with Crippen LogP contribution in [0.5, 0.6) is 0 Å². The van der Waals surface area contributed by atoms with Crippen LogP contribution in [0.2, 0.25) is 0 Å². The highest BCUT2D eigenvalue weighted by atomic mass is 16.2. The van der Waals surface area contributed by atoms with E-state index in [-0.39, 0.29) is 5.91 Å². The van der Waals surface area contributed by atoms with Gasteiger partial charge in [-0.2, -0.15) is 0 Å². The van der Waals surface area contributed by atoms with Gasteiger partial charge in [0.15, 0.2) is 0 Å². The van der Waals surface area contributed by atoms with E-state index >= 15 is 0 Å². The number of hydrogen-bond donors (Lipinski definition) is 0. The van der Waals surface area contributed by atoms with Crippen LogP contribution in [-0.2, 0) is 16.1 Å². The summed E-state index contributed by atoms with van der Waals surface area (Å²) in [6, 6.07) is 10.9. The molecule has 3 heterocycles. The van der Waals surface area contributed by atoms with E-state index < -0.39 is 0 Å². The lowest BCUT2D eigenvalue weighted by Crippen LogP contribution is -2.53. The van der Waals surface area contributed by atoms with Crippen LogP contribution < -0.4 is 0 Å². The maximum Gasteiger partial charge on any atom is 0.236 e. The monoisotopic (exact) mass is 398 g/mol. The van der Waals surface area contributed by atoms with Gasteiger partial charge in [-0.15, -0.1) is 0 Å². The van der Waals surface area contributed by atoms with Gasteiger partial charge in [-0.3, -0.25) is 19.4 Å². The molecule has 0 bridgehead atoms. The van der Waals surface area contributed by atoms with Crippen molar-refractivity contribution < 1.29 is 9.59 Å². The Kier molecular flexibility index (Phi) is 6.82. The average Bonchev–Trinajstić information content (AvgIpc) is 2.76. The molecule has 0 atom stereocenters. The standard InChI is InChI=1S/C23H34N4O2/c28-22-8-4-5-11-27(22)21-9-12-26(13-10-21)23(29)19-25-16-14-24(15-17-25)18-20-6-2-1-3-7-20/h1-3,6-7,21H,4-5,8-19H2. The SMILES string of the molecule is O=C(CN1CCN(Cc2ccccc2)CC1)N1CCC(N2CCCCC2=O)CC1. The number of amides is 2. The van der Waals surface area contributed by atoms with Crippen molar-refractivity contribution in [2.24, 2.45) is 0 Å². The first-order valence-electron chi connectivity index (χ1n) is 11.2. The Labute approximate surface area is 174 Å². The third-order valence-corrected chi connectivity index (χ3v) is 6.69. The van der Waals surface area contributed by atoms with Crippen molar-refractivity contribution >= 4 is 11.8 Å². The number of piperazine rings is 1. The van der Waals surface area contributed by atoms with Gasteiger partial charge in [0.05, 0.1) is 6.54 Å². The number of nitrogens with zero attached hydrogens (tertiary/aromatic N) is 4. The molecule has 6 nitrogen and oxygen atoms in total. The molecule has 1 aromatic rings. The summed E-state index contributed by atoms with van der Waals surface area (Å²) in [5, 5.41) is 0. The Morgan fingerprint density at radius 2 is 1.55 bits per heavy atom. The zero-order valence-electron chi connectivity index (χ0n) is 17.5. The third-order valence-electron chi connectivity index (χ3n) is 6.69. The van der Waals surface area contributed by atoms with Gasteiger partial charge in [-0.05, 0) is 31.2 Å². The molecule has 0 saturated carbocycles. The molecule has 0 radical (unpaired) electrons. The molecule has 3 aliphatic rings. The molecular weight excluding hydrogens is 364 g/mol. The highest BCUT2D eigenvalue weighted by Crippen LogP contribution is 2.22. The second-order valence-electron chi connectivity index (χ2n) is 8.69.